The SMILES string of the molecule is COCCOc1ccc(NC2CCCN(C)CC2)cc1. The number of likely N-dealkylation sites (tertiary alicyclic amines) is 1. The molecule has 20 heavy (non-hydrogen) atoms. The molecule has 1 atom stereocenters. The molecule has 1 aliphatic rings. The third kappa shape index (κ3) is 5.02. The first kappa shape index (κ1) is 15.1. The minimum atomic E-state index is 0.584. The van der Waals surface area contributed by atoms with Crippen molar-refractivity contribution >= 4 is 5.69 Å². The summed E-state index contributed by atoms with van der Waals surface area (Å²) in [6.45, 7) is 3.61. The summed E-state index contributed by atoms with van der Waals surface area (Å²) in [5.74, 6) is 0.896. The van der Waals surface area contributed by atoms with Crippen molar-refractivity contribution in [1.29, 1.82) is 0 Å². The quantitative estimate of drug-likeness (QED) is 0.811. The lowest BCUT2D eigenvalue weighted by molar-refractivity contribution is 0.146. The van der Waals surface area contributed by atoms with Crippen LogP contribution in [0.15, 0.2) is 24.3 Å². The molecule has 112 valence electrons. The van der Waals surface area contributed by atoms with E-state index in [4.69, 9.17) is 9.47 Å². The fourth-order valence-corrected chi connectivity index (χ4v) is 2.51. The Morgan fingerprint density at radius 2 is 1.95 bits per heavy atom. The van der Waals surface area contributed by atoms with Crippen LogP contribution >= 0.6 is 0 Å². The van der Waals surface area contributed by atoms with E-state index in [2.05, 4.69) is 29.4 Å². The number of anilines is 1. The number of nitrogens with one attached hydrogen (secondary N) is 1. The van der Waals surface area contributed by atoms with Gasteiger partial charge in [-0.2, -0.15) is 0 Å². The van der Waals surface area contributed by atoms with Crippen LogP contribution in [0.5, 0.6) is 5.75 Å². The minimum absolute atomic E-state index is 0.584. The zero-order valence-corrected chi connectivity index (χ0v) is 12.6. The average Bonchev–Trinajstić information content (AvgIpc) is 2.66. The van der Waals surface area contributed by atoms with Crippen LogP contribution in [-0.2, 0) is 4.74 Å². The number of rotatable bonds is 6. The lowest BCUT2D eigenvalue weighted by atomic mass is 10.1. The van der Waals surface area contributed by atoms with Gasteiger partial charge in [0, 0.05) is 18.8 Å². The summed E-state index contributed by atoms with van der Waals surface area (Å²) in [5.41, 5.74) is 1.18. The minimum Gasteiger partial charge on any atom is -0.491 e. The van der Waals surface area contributed by atoms with E-state index in [1.165, 1.54) is 38.0 Å². The Balaban J connectivity index is 1.80. The van der Waals surface area contributed by atoms with E-state index in [0.717, 1.165) is 5.75 Å². The number of nitrogens with zero attached hydrogens (tertiary/aromatic N) is 1. The monoisotopic (exact) mass is 278 g/mol. The molecule has 0 spiro atoms. The number of hydrogen-bond acceptors (Lipinski definition) is 4. The Labute approximate surface area is 122 Å². The van der Waals surface area contributed by atoms with Crippen molar-refractivity contribution in [2.24, 2.45) is 0 Å². The van der Waals surface area contributed by atoms with Gasteiger partial charge in [-0.1, -0.05) is 0 Å². The molecule has 1 unspecified atom stereocenters. The highest BCUT2D eigenvalue weighted by atomic mass is 16.5. The van der Waals surface area contributed by atoms with Crippen molar-refractivity contribution < 1.29 is 9.47 Å². The van der Waals surface area contributed by atoms with Gasteiger partial charge in [0.25, 0.3) is 0 Å². The van der Waals surface area contributed by atoms with Gasteiger partial charge in [-0.3, -0.25) is 0 Å². The topological polar surface area (TPSA) is 33.7 Å². The highest BCUT2D eigenvalue weighted by Crippen LogP contribution is 2.19. The smallest absolute Gasteiger partial charge is 0.119 e. The van der Waals surface area contributed by atoms with Crippen LogP contribution in [0.25, 0.3) is 0 Å². The summed E-state index contributed by atoms with van der Waals surface area (Å²) in [5, 5.41) is 3.63. The fourth-order valence-electron chi connectivity index (χ4n) is 2.51. The van der Waals surface area contributed by atoms with E-state index in [9.17, 15) is 0 Å². The lowest BCUT2D eigenvalue weighted by Crippen LogP contribution is -2.22. The van der Waals surface area contributed by atoms with Crippen LogP contribution in [0.1, 0.15) is 19.3 Å². The van der Waals surface area contributed by atoms with E-state index in [0.29, 0.717) is 19.3 Å². The molecule has 2 rings (SSSR count). The number of ether oxygens (including phenoxy) is 2. The second kappa shape index (κ2) is 8.12. The Kier molecular flexibility index (Phi) is 6.15. The number of methoxy groups -OCH3 is 1. The zero-order chi connectivity index (χ0) is 14.2. The first-order valence-corrected chi connectivity index (χ1v) is 7.45. The van der Waals surface area contributed by atoms with Gasteiger partial charge < -0.3 is 19.7 Å². The van der Waals surface area contributed by atoms with Crippen molar-refractivity contribution in [3.05, 3.63) is 24.3 Å². The Hall–Kier alpha value is -1.26. The molecule has 1 fully saturated rings. The van der Waals surface area contributed by atoms with Gasteiger partial charge in [-0.25, -0.2) is 0 Å². The second-order valence-electron chi connectivity index (χ2n) is 5.44. The molecule has 1 aliphatic heterocycles. The lowest BCUT2D eigenvalue weighted by Gasteiger charge is -2.18. The van der Waals surface area contributed by atoms with Gasteiger partial charge in [0.1, 0.15) is 12.4 Å². The predicted molar refractivity (Wildman–Crippen MR) is 82.6 cm³/mol. The van der Waals surface area contributed by atoms with Crippen molar-refractivity contribution in [3.8, 4) is 5.75 Å². The molecule has 1 aromatic rings. The van der Waals surface area contributed by atoms with Crippen LogP contribution in [0.2, 0.25) is 0 Å². The molecule has 1 heterocycles. The van der Waals surface area contributed by atoms with Crippen LogP contribution in [-0.4, -0.2) is 51.4 Å². The van der Waals surface area contributed by atoms with Crippen LogP contribution in [0.4, 0.5) is 5.69 Å². The summed E-state index contributed by atoms with van der Waals surface area (Å²) in [6.07, 6.45) is 3.73. The maximum Gasteiger partial charge on any atom is 0.119 e. The molecule has 0 aliphatic carbocycles. The third-order valence-corrected chi connectivity index (χ3v) is 3.73. The summed E-state index contributed by atoms with van der Waals surface area (Å²) < 4.78 is 10.5. The van der Waals surface area contributed by atoms with E-state index in [1.54, 1.807) is 7.11 Å². The standard InChI is InChI=1S/C16H26N2O2/c1-18-10-3-4-14(9-11-18)17-15-5-7-16(8-6-15)20-13-12-19-2/h5-8,14,17H,3-4,9-13H2,1-2H3. The van der Waals surface area contributed by atoms with Gasteiger partial charge in [0.15, 0.2) is 0 Å². The maximum absolute atomic E-state index is 5.57. The van der Waals surface area contributed by atoms with Crippen molar-refractivity contribution in [1.82, 2.24) is 4.90 Å². The van der Waals surface area contributed by atoms with Crippen molar-refractivity contribution in [2.45, 2.75) is 25.3 Å². The molecule has 4 heteroatoms. The molecule has 1 aromatic carbocycles. The Morgan fingerprint density at radius 1 is 1.15 bits per heavy atom. The molecular weight excluding hydrogens is 252 g/mol. The maximum atomic E-state index is 5.57. The van der Waals surface area contributed by atoms with Crippen LogP contribution in [0, 0.1) is 0 Å². The van der Waals surface area contributed by atoms with Gasteiger partial charge in [0.05, 0.1) is 6.61 Å². The zero-order valence-electron chi connectivity index (χ0n) is 12.6. The molecule has 4 nitrogen and oxygen atoms in total. The fraction of sp³-hybridized carbons (Fsp3) is 0.625. The van der Waals surface area contributed by atoms with E-state index in [-0.39, 0.29) is 0 Å². The molecule has 0 bridgehead atoms. The third-order valence-electron chi connectivity index (χ3n) is 3.73. The van der Waals surface area contributed by atoms with Crippen molar-refractivity contribution in [2.75, 3.05) is 45.8 Å². The summed E-state index contributed by atoms with van der Waals surface area (Å²) in [4.78, 5) is 2.41. The van der Waals surface area contributed by atoms with E-state index in [1.807, 2.05) is 12.1 Å². The molecule has 0 amide bonds. The molecular formula is C16H26N2O2. The average molecular weight is 278 g/mol. The summed E-state index contributed by atoms with van der Waals surface area (Å²) in [7, 11) is 3.88. The summed E-state index contributed by atoms with van der Waals surface area (Å²) >= 11 is 0. The van der Waals surface area contributed by atoms with Gasteiger partial charge in [-0.05, 0) is 63.7 Å². The van der Waals surface area contributed by atoms with Crippen LogP contribution in [0.3, 0.4) is 0 Å². The van der Waals surface area contributed by atoms with E-state index >= 15 is 0 Å². The highest BCUT2D eigenvalue weighted by molar-refractivity contribution is 5.47. The molecule has 0 radical (unpaired) electrons. The second-order valence-corrected chi connectivity index (χ2v) is 5.44. The van der Waals surface area contributed by atoms with Gasteiger partial charge in [-0.15, -0.1) is 0 Å². The molecule has 0 saturated carbocycles. The van der Waals surface area contributed by atoms with E-state index < -0.39 is 0 Å². The largest absolute Gasteiger partial charge is 0.491 e. The normalized spacial score (nSPS) is 20.4. The highest BCUT2D eigenvalue weighted by Gasteiger charge is 2.14. The summed E-state index contributed by atoms with van der Waals surface area (Å²) in [6, 6.07) is 8.80. The van der Waals surface area contributed by atoms with Gasteiger partial charge in [0.2, 0.25) is 0 Å². The first-order chi connectivity index (χ1) is 9.78. The number of benzene rings is 1. The predicted octanol–water partition coefficient (Wildman–Crippen LogP) is 2.61. The molecule has 1 saturated heterocycles. The Bertz CT molecular complexity index is 381. The van der Waals surface area contributed by atoms with Crippen molar-refractivity contribution in [3.63, 3.8) is 0 Å². The molecule has 0 aromatic heterocycles. The van der Waals surface area contributed by atoms with Crippen LogP contribution < -0.4 is 10.1 Å². The molecule has 1 N–H and O–H groups in total. The Morgan fingerprint density at radius 3 is 2.70 bits per heavy atom. The first-order valence-electron chi connectivity index (χ1n) is 7.45. The van der Waals surface area contributed by atoms with Gasteiger partial charge >= 0.3 is 0 Å². The number of hydrogen-bond donors (Lipinski definition) is 1.